The van der Waals surface area contributed by atoms with E-state index in [9.17, 15) is 23.6 Å². The Kier molecular flexibility index (Phi) is 9.95. The lowest BCUT2D eigenvalue weighted by atomic mass is 10.0. The lowest BCUT2D eigenvalue weighted by Gasteiger charge is -2.22. The van der Waals surface area contributed by atoms with Gasteiger partial charge in [-0.3, -0.25) is 4.79 Å². The van der Waals surface area contributed by atoms with Crippen LogP contribution in [0.1, 0.15) is 60.2 Å². The van der Waals surface area contributed by atoms with Crippen LogP contribution in [0.2, 0.25) is 10.0 Å². The van der Waals surface area contributed by atoms with Gasteiger partial charge in [-0.25, -0.2) is 4.79 Å². The van der Waals surface area contributed by atoms with E-state index in [0.29, 0.717) is 52.3 Å². The number of anilines is 1. The second-order valence-electron chi connectivity index (χ2n) is 10.9. The minimum atomic E-state index is -3.07. The van der Waals surface area contributed by atoms with Crippen LogP contribution in [0.25, 0.3) is 0 Å². The average molecular weight is 651 g/mol. The van der Waals surface area contributed by atoms with E-state index in [-0.39, 0.29) is 39.4 Å². The van der Waals surface area contributed by atoms with E-state index >= 15 is 0 Å². The van der Waals surface area contributed by atoms with E-state index in [1.165, 1.54) is 37.3 Å². The average Bonchev–Trinajstić information content (AvgIpc) is 3.88. The standard InChI is InChI=1S/C31H30Cl2F2N2O7/c1-17(38)36-25-8-6-21(11-28(25)41-15-18-2-3-18)30(39)43-27(12-22-23(32)13-37(40)14-24(22)33)20-7-9-26(44-31(34)35)29(10-20)42-16-19-4-5-19/h6-11,13-14,18-19,27,31H,2-5,12,15-16H2,1H3,(H,36,38)/t27-/m0/s1. The van der Waals surface area contributed by atoms with E-state index in [2.05, 4.69) is 10.1 Å². The Labute approximate surface area is 262 Å². The Morgan fingerprint density at radius 2 is 1.59 bits per heavy atom. The van der Waals surface area contributed by atoms with Crippen LogP contribution in [0.15, 0.2) is 48.8 Å². The van der Waals surface area contributed by atoms with Crippen molar-refractivity contribution in [2.45, 2.75) is 51.7 Å². The van der Waals surface area contributed by atoms with Crippen LogP contribution in [-0.4, -0.2) is 31.7 Å². The summed E-state index contributed by atoms with van der Waals surface area (Å²) in [5.41, 5.74) is 1.27. The number of alkyl halides is 2. The molecule has 1 atom stereocenters. The molecule has 2 aliphatic rings. The number of ether oxygens (including phenoxy) is 4. The quantitative estimate of drug-likeness (QED) is 0.115. The highest BCUT2D eigenvalue weighted by Crippen LogP contribution is 2.38. The molecule has 0 unspecified atom stereocenters. The first-order valence-corrected chi connectivity index (χ1v) is 14.8. The maximum Gasteiger partial charge on any atom is 0.387 e. The Balaban J connectivity index is 1.47. The molecule has 3 aromatic rings. The summed E-state index contributed by atoms with van der Waals surface area (Å²) in [6.07, 6.45) is 5.18. The SMILES string of the molecule is CC(=O)Nc1ccc(C(=O)O[C@@H](Cc2c(Cl)c[n+]([O-])cc2Cl)c2ccc(OC(F)F)c(OCC3CC3)c2)cc1OCC1CC1. The highest BCUT2D eigenvalue weighted by molar-refractivity contribution is 6.35. The number of aromatic nitrogens is 1. The zero-order valence-corrected chi connectivity index (χ0v) is 25.2. The number of carbonyl (C=O) groups is 2. The minimum absolute atomic E-state index is 0.0480. The lowest BCUT2D eigenvalue weighted by Crippen LogP contribution is -2.25. The van der Waals surface area contributed by atoms with Crippen LogP contribution in [0.3, 0.4) is 0 Å². The van der Waals surface area contributed by atoms with Crippen LogP contribution >= 0.6 is 23.2 Å². The van der Waals surface area contributed by atoms with Crippen molar-refractivity contribution in [3.8, 4) is 17.2 Å². The molecule has 1 aromatic heterocycles. The van der Waals surface area contributed by atoms with Gasteiger partial charge < -0.3 is 29.5 Å². The van der Waals surface area contributed by atoms with Gasteiger partial charge >= 0.3 is 12.6 Å². The second-order valence-corrected chi connectivity index (χ2v) is 11.7. The van der Waals surface area contributed by atoms with Crippen molar-refractivity contribution < 1.29 is 42.0 Å². The normalized spacial score (nSPS) is 15.0. The highest BCUT2D eigenvalue weighted by Gasteiger charge is 2.28. The van der Waals surface area contributed by atoms with Gasteiger partial charge in [-0.2, -0.15) is 13.5 Å². The Bertz CT molecular complexity index is 1510. The van der Waals surface area contributed by atoms with Crippen LogP contribution in [-0.2, 0) is 16.0 Å². The van der Waals surface area contributed by atoms with Crippen LogP contribution < -0.4 is 24.3 Å². The van der Waals surface area contributed by atoms with Crippen LogP contribution in [0.5, 0.6) is 17.2 Å². The monoisotopic (exact) mass is 650 g/mol. The van der Waals surface area contributed by atoms with E-state index < -0.39 is 18.7 Å². The fourth-order valence-corrected chi connectivity index (χ4v) is 5.01. The number of rotatable bonds is 14. The molecule has 0 aliphatic heterocycles. The molecule has 2 aliphatic carbocycles. The van der Waals surface area contributed by atoms with Gasteiger partial charge in [0, 0.05) is 18.9 Å². The predicted molar refractivity (Wildman–Crippen MR) is 158 cm³/mol. The molecule has 1 amide bonds. The summed E-state index contributed by atoms with van der Waals surface area (Å²) in [6.45, 7) is -0.950. The van der Waals surface area contributed by atoms with Crippen molar-refractivity contribution in [3.05, 3.63) is 80.7 Å². The molecular weight excluding hydrogens is 621 g/mol. The third-order valence-corrected chi connectivity index (χ3v) is 7.77. The van der Waals surface area contributed by atoms with Crippen molar-refractivity contribution in [3.63, 3.8) is 0 Å². The van der Waals surface area contributed by atoms with Gasteiger partial charge in [-0.1, -0.05) is 29.3 Å². The van der Waals surface area contributed by atoms with Crippen molar-refractivity contribution in [2.75, 3.05) is 18.5 Å². The third kappa shape index (κ3) is 8.63. The van der Waals surface area contributed by atoms with Gasteiger partial charge in [0.25, 0.3) is 0 Å². The zero-order valence-electron chi connectivity index (χ0n) is 23.7. The number of halogens is 4. The first kappa shape index (κ1) is 31.6. The number of nitrogens with one attached hydrogen (secondary N) is 1. The fraction of sp³-hybridized carbons (Fsp3) is 0.387. The fourth-order valence-electron chi connectivity index (χ4n) is 4.41. The van der Waals surface area contributed by atoms with E-state index in [1.54, 1.807) is 6.07 Å². The van der Waals surface area contributed by atoms with Gasteiger partial charge in [0.2, 0.25) is 5.91 Å². The summed E-state index contributed by atoms with van der Waals surface area (Å²) < 4.78 is 49.1. The van der Waals surface area contributed by atoms with Crippen LogP contribution in [0, 0.1) is 17.0 Å². The Morgan fingerprint density at radius 1 is 0.955 bits per heavy atom. The van der Waals surface area contributed by atoms with E-state index in [4.69, 9.17) is 37.4 Å². The molecule has 0 bridgehead atoms. The lowest BCUT2D eigenvalue weighted by molar-refractivity contribution is -0.605. The number of carbonyl (C=O) groups excluding carboxylic acids is 2. The first-order chi connectivity index (χ1) is 21.0. The molecule has 2 saturated carbocycles. The smallest absolute Gasteiger partial charge is 0.387 e. The molecule has 2 aromatic carbocycles. The number of esters is 1. The zero-order chi connectivity index (χ0) is 31.4. The molecule has 44 heavy (non-hydrogen) atoms. The molecule has 0 spiro atoms. The predicted octanol–water partition coefficient (Wildman–Crippen LogP) is 6.91. The van der Waals surface area contributed by atoms with Crippen molar-refractivity contribution >= 4 is 40.8 Å². The Hall–Kier alpha value is -3.83. The molecule has 1 heterocycles. The molecule has 0 radical (unpaired) electrons. The summed E-state index contributed by atoms with van der Waals surface area (Å²) in [7, 11) is 0. The van der Waals surface area contributed by atoms with Gasteiger partial charge in [0.05, 0.1) is 24.5 Å². The molecule has 13 heteroatoms. The van der Waals surface area contributed by atoms with Gasteiger partial charge in [-0.05, 0) is 73.4 Å². The minimum Gasteiger partial charge on any atom is -0.619 e. The number of hydrogen-bond acceptors (Lipinski definition) is 7. The largest absolute Gasteiger partial charge is 0.619 e. The van der Waals surface area contributed by atoms with Crippen LogP contribution in [0.4, 0.5) is 14.5 Å². The summed E-state index contributed by atoms with van der Waals surface area (Å²) in [5.74, 6) is -0.0809. The molecule has 5 rings (SSSR count). The van der Waals surface area contributed by atoms with Gasteiger partial charge in [0.15, 0.2) is 23.9 Å². The van der Waals surface area contributed by atoms with Crippen molar-refractivity contribution in [1.82, 2.24) is 0 Å². The van der Waals surface area contributed by atoms with E-state index in [0.717, 1.165) is 38.1 Å². The molecule has 1 N–H and O–H groups in total. The summed E-state index contributed by atoms with van der Waals surface area (Å²) >= 11 is 12.7. The number of amides is 1. The molecular formula is C31H30Cl2F2N2O7. The van der Waals surface area contributed by atoms with E-state index in [1.807, 2.05) is 0 Å². The van der Waals surface area contributed by atoms with Gasteiger partial charge in [0.1, 0.15) is 21.9 Å². The molecule has 2 fully saturated rings. The van der Waals surface area contributed by atoms with Crippen molar-refractivity contribution in [1.29, 1.82) is 0 Å². The number of pyridine rings is 1. The Morgan fingerprint density at radius 3 is 2.18 bits per heavy atom. The number of benzene rings is 2. The van der Waals surface area contributed by atoms with Gasteiger partial charge in [-0.15, -0.1) is 0 Å². The highest BCUT2D eigenvalue weighted by atomic mass is 35.5. The second kappa shape index (κ2) is 13.9. The first-order valence-electron chi connectivity index (χ1n) is 14.1. The number of hydrogen-bond donors (Lipinski definition) is 1. The summed E-state index contributed by atoms with van der Waals surface area (Å²) in [4.78, 5) is 25.3. The maximum atomic E-state index is 13.6. The molecule has 9 nitrogen and oxygen atoms in total. The number of nitrogens with zero attached hydrogens (tertiary/aromatic N) is 1. The summed E-state index contributed by atoms with van der Waals surface area (Å²) in [6, 6.07) is 8.79. The molecule has 234 valence electrons. The topological polar surface area (TPSA) is 110 Å². The molecule has 0 saturated heterocycles. The van der Waals surface area contributed by atoms with Crippen molar-refractivity contribution in [2.24, 2.45) is 11.8 Å². The third-order valence-electron chi connectivity index (χ3n) is 7.12. The summed E-state index contributed by atoms with van der Waals surface area (Å²) in [5, 5.41) is 14.6. The maximum absolute atomic E-state index is 13.6.